The first-order chi connectivity index (χ1) is 10.3. The van der Waals surface area contributed by atoms with Gasteiger partial charge in [-0.05, 0) is 36.5 Å². The molecule has 2 rings (SSSR count). The van der Waals surface area contributed by atoms with Gasteiger partial charge in [0.1, 0.15) is 5.75 Å². The highest BCUT2D eigenvalue weighted by Crippen LogP contribution is 2.35. The fourth-order valence-electron chi connectivity index (χ4n) is 3.46. The molecule has 0 spiro atoms. The maximum absolute atomic E-state index is 5.25. The van der Waals surface area contributed by atoms with Crippen LogP contribution in [0.4, 0.5) is 0 Å². The van der Waals surface area contributed by atoms with Crippen molar-refractivity contribution in [2.24, 2.45) is 0 Å². The lowest BCUT2D eigenvalue weighted by Crippen LogP contribution is -2.20. The standard InChI is InChI=1S/C19H31OSi/c1-3-4-5-6-7-14-21-15-12-18(13-16-21)17-8-10-19(20-2)11-9-17/h8-11,18H,3-7,12-16H2,1-2H3. The second-order valence-corrected chi connectivity index (χ2v) is 9.46. The number of hydrogen-bond acceptors (Lipinski definition) is 1. The molecule has 1 nitrogen and oxygen atoms in total. The van der Waals surface area contributed by atoms with Gasteiger partial charge in [0.05, 0.1) is 7.11 Å². The van der Waals surface area contributed by atoms with Crippen molar-refractivity contribution in [3.05, 3.63) is 29.8 Å². The molecule has 1 aliphatic heterocycles. The molecule has 0 amide bonds. The normalized spacial score (nSPS) is 17.0. The van der Waals surface area contributed by atoms with Gasteiger partial charge in [0.2, 0.25) is 0 Å². The Balaban J connectivity index is 1.67. The minimum Gasteiger partial charge on any atom is -0.497 e. The molecule has 1 aliphatic rings. The summed E-state index contributed by atoms with van der Waals surface area (Å²) in [6.07, 6.45) is 10.1. The van der Waals surface area contributed by atoms with E-state index < -0.39 is 0 Å². The summed E-state index contributed by atoms with van der Waals surface area (Å²) in [6.45, 7) is 2.30. The number of methoxy groups -OCH3 is 1. The van der Waals surface area contributed by atoms with Crippen LogP contribution >= 0.6 is 0 Å². The molecule has 21 heavy (non-hydrogen) atoms. The molecule has 0 saturated carbocycles. The van der Waals surface area contributed by atoms with Crippen molar-refractivity contribution in [2.75, 3.05) is 7.11 Å². The van der Waals surface area contributed by atoms with E-state index in [0.717, 1.165) is 11.7 Å². The Labute approximate surface area is 132 Å². The Morgan fingerprint density at radius 2 is 1.67 bits per heavy atom. The van der Waals surface area contributed by atoms with E-state index in [2.05, 4.69) is 31.2 Å². The predicted molar refractivity (Wildman–Crippen MR) is 93.9 cm³/mol. The van der Waals surface area contributed by atoms with E-state index in [9.17, 15) is 0 Å². The van der Waals surface area contributed by atoms with E-state index in [1.807, 2.05) is 0 Å². The van der Waals surface area contributed by atoms with Crippen molar-refractivity contribution in [3.63, 3.8) is 0 Å². The molecular weight excluding hydrogens is 272 g/mol. The Morgan fingerprint density at radius 3 is 2.29 bits per heavy atom. The van der Waals surface area contributed by atoms with Gasteiger partial charge < -0.3 is 4.74 Å². The van der Waals surface area contributed by atoms with Crippen LogP contribution in [0.3, 0.4) is 0 Å². The summed E-state index contributed by atoms with van der Waals surface area (Å²) in [7, 11) is 1.73. The SMILES string of the molecule is CCCCCCC[Si]1CCC(c2ccc(OC)cc2)CC1. The van der Waals surface area contributed by atoms with Gasteiger partial charge >= 0.3 is 0 Å². The molecule has 0 N–H and O–H groups in total. The molecule has 1 radical (unpaired) electrons. The molecule has 0 aromatic heterocycles. The lowest BCUT2D eigenvalue weighted by Gasteiger charge is -2.28. The third-order valence-corrected chi connectivity index (χ3v) is 7.97. The summed E-state index contributed by atoms with van der Waals surface area (Å²) < 4.78 is 5.25. The molecule has 2 heteroatoms. The first-order valence-corrected chi connectivity index (χ1v) is 10.9. The van der Waals surface area contributed by atoms with Gasteiger partial charge in [0.25, 0.3) is 0 Å². The Morgan fingerprint density at radius 1 is 1.00 bits per heavy atom. The fraction of sp³-hybridized carbons (Fsp3) is 0.684. The molecule has 1 heterocycles. The summed E-state index contributed by atoms with van der Waals surface area (Å²) >= 11 is 0. The van der Waals surface area contributed by atoms with E-state index in [1.165, 1.54) is 62.6 Å². The smallest absolute Gasteiger partial charge is 0.118 e. The van der Waals surface area contributed by atoms with E-state index in [4.69, 9.17) is 4.74 Å². The van der Waals surface area contributed by atoms with Gasteiger partial charge in [-0.25, -0.2) is 0 Å². The summed E-state index contributed by atoms with van der Waals surface area (Å²) in [6, 6.07) is 13.4. The number of benzene rings is 1. The zero-order valence-corrected chi connectivity index (χ0v) is 14.9. The number of ether oxygens (including phenoxy) is 1. The average molecular weight is 304 g/mol. The van der Waals surface area contributed by atoms with Crippen LogP contribution in [0.2, 0.25) is 18.1 Å². The van der Waals surface area contributed by atoms with E-state index in [0.29, 0.717) is 0 Å². The Kier molecular flexibility index (Phi) is 7.35. The molecule has 0 bridgehead atoms. The van der Waals surface area contributed by atoms with Crippen LogP contribution in [0.15, 0.2) is 24.3 Å². The molecule has 0 unspecified atom stereocenters. The molecule has 0 atom stereocenters. The van der Waals surface area contributed by atoms with Gasteiger partial charge in [0, 0.05) is 8.80 Å². The van der Waals surface area contributed by atoms with Crippen molar-refractivity contribution in [2.45, 2.75) is 75.9 Å². The van der Waals surface area contributed by atoms with Crippen molar-refractivity contribution in [1.29, 1.82) is 0 Å². The van der Waals surface area contributed by atoms with Crippen LogP contribution in [-0.4, -0.2) is 15.9 Å². The van der Waals surface area contributed by atoms with E-state index in [-0.39, 0.29) is 8.80 Å². The third-order valence-electron chi connectivity index (χ3n) is 4.91. The molecule has 1 aromatic rings. The van der Waals surface area contributed by atoms with Gasteiger partial charge in [-0.3, -0.25) is 0 Å². The topological polar surface area (TPSA) is 9.23 Å². The lowest BCUT2D eigenvalue weighted by molar-refractivity contribution is 0.414. The first-order valence-electron chi connectivity index (χ1n) is 8.81. The third kappa shape index (κ3) is 5.50. The number of unbranched alkanes of at least 4 members (excludes halogenated alkanes) is 4. The lowest BCUT2D eigenvalue weighted by atomic mass is 9.93. The first kappa shape index (κ1) is 16.6. The molecule has 0 aliphatic carbocycles. The quantitative estimate of drug-likeness (QED) is 0.420. The van der Waals surface area contributed by atoms with Crippen molar-refractivity contribution in [1.82, 2.24) is 0 Å². The van der Waals surface area contributed by atoms with Gasteiger partial charge in [-0.1, -0.05) is 69.3 Å². The summed E-state index contributed by atoms with van der Waals surface area (Å²) in [4.78, 5) is 0. The Hall–Kier alpha value is -0.763. The van der Waals surface area contributed by atoms with Gasteiger partial charge in [0.15, 0.2) is 0 Å². The Bertz CT molecular complexity index is 379. The van der Waals surface area contributed by atoms with E-state index in [1.54, 1.807) is 13.2 Å². The predicted octanol–water partition coefficient (Wildman–Crippen LogP) is 6.04. The van der Waals surface area contributed by atoms with Crippen molar-refractivity contribution < 1.29 is 4.74 Å². The van der Waals surface area contributed by atoms with Crippen LogP contribution in [-0.2, 0) is 0 Å². The monoisotopic (exact) mass is 303 g/mol. The highest BCUT2D eigenvalue weighted by atomic mass is 28.3. The van der Waals surface area contributed by atoms with Crippen LogP contribution in [0.5, 0.6) is 5.75 Å². The molecular formula is C19H31OSi. The maximum Gasteiger partial charge on any atom is 0.118 e. The summed E-state index contributed by atoms with van der Waals surface area (Å²) in [5, 5.41) is 0. The number of hydrogen-bond donors (Lipinski definition) is 0. The maximum atomic E-state index is 5.25. The van der Waals surface area contributed by atoms with Gasteiger partial charge in [-0.15, -0.1) is 0 Å². The minimum absolute atomic E-state index is 0.0120. The zero-order valence-electron chi connectivity index (χ0n) is 13.9. The fourth-order valence-corrected chi connectivity index (χ4v) is 6.48. The molecule has 1 aromatic carbocycles. The average Bonchev–Trinajstić information content (AvgIpc) is 2.55. The zero-order chi connectivity index (χ0) is 14.9. The molecule has 117 valence electrons. The summed E-state index contributed by atoms with van der Waals surface area (Å²) in [5.74, 6) is 1.79. The highest BCUT2D eigenvalue weighted by molar-refractivity contribution is 6.59. The van der Waals surface area contributed by atoms with E-state index >= 15 is 0 Å². The second kappa shape index (κ2) is 9.29. The van der Waals surface area contributed by atoms with Crippen LogP contribution in [0.1, 0.15) is 63.4 Å². The largest absolute Gasteiger partial charge is 0.497 e. The second-order valence-electron chi connectivity index (χ2n) is 6.46. The van der Waals surface area contributed by atoms with Crippen LogP contribution in [0, 0.1) is 0 Å². The van der Waals surface area contributed by atoms with Crippen LogP contribution < -0.4 is 4.74 Å². The summed E-state index contributed by atoms with van der Waals surface area (Å²) in [5.41, 5.74) is 1.53. The van der Waals surface area contributed by atoms with Crippen molar-refractivity contribution in [3.8, 4) is 5.75 Å². The van der Waals surface area contributed by atoms with Crippen molar-refractivity contribution >= 4 is 8.80 Å². The number of rotatable bonds is 8. The molecule has 1 fully saturated rings. The van der Waals surface area contributed by atoms with Gasteiger partial charge in [-0.2, -0.15) is 0 Å². The molecule has 1 saturated heterocycles. The highest BCUT2D eigenvalue weighted by Gasteiger charge is 2.23. The minimum atomic E-state index is -0.0120. The van der Waals surface area contributed by atoms with Crippen LogP contribution in [0.25, 0.3) is 0 Å².